The normalized spacial score (nSPS) is 12.9. The van der Waals surface area contributed by atoms with Crippen LogP contribution in [0.1, 0.15) is 44.0 Å². The molecule has 0 aliphatic carbocycles. The summed E-state index contributed by atoms with van der Waals surface area (Å²) in [5, 5.41) is 7.53. The van der Waals surface area contributed by atoms with Crippen LogP contribution in [0.4, 0.5) is 5.82 Å². The number of hydrogen-bond acceptors (Lipinski definition) is 4. The first-order valence-corrected chi connectivity index (χ1v) is 11.7. The molecular formula is C28H29N5O. The number of hydrogen-bond donors (Lipinski definition) is 1. The Morgan fingerprint density at radius 3 is 2.59 bits per heavy atom. The molecule has 0 radical (unpaired) electrons. The number of carbonyl (C=O) groups excluding carboxylic acids is 1. The summed E-state index contributed by atoms with van der Waals surface area (Å²) < 4.78 is 1.96. The fourth-order valence-corrected chi connectivity index (χ4v) is 4.50. The Morgan fingerprint density at radius 1 is 0.971 bits per heavy atom. The first-order valence-electron chi connectivity index (χ1n) is 11.7. The average molecular weight is 452 g/mol. The van der Waals surface area contributed by atoms with E-state index >= 15 is 0 Å². The van der Waals surface area contributed by atoms with Gasteiger partial charge in [0.25, 0.3) is 5.91 Å². The Bertz CT molecular complexity index is 1310. The van der Waals surface area contributed by atoms with Crippen LogP contribution >= 0.6 is 0 Å². The molecule has 0 saturated carbocycles. The second kappa shape index (κ2) is 9.51. The van der Waals surface area contributed by atoms with Crippen molar-refractivity contribution >= 4 is 11.7 Å². The Hall–Kier alpha value is -3.93. The Morgan fingerprint density at radius 2 is 1.82 bits per heavy atom. The third kappa shape index (κ3) is 4.86. The van der Waals surface area contributed by atoms with Crippen LogP contribution in [0.2, 0.25) is 0 Å². The lowest BCUT2D eigenvalue weighted by atomic mass is 10.00. The quantitative estimate of drug-likeness (QED) is 0.471. The van der Waals surface area contributed by atoms with E-state index in [9.17, 15) is 4.79 Å². The van der Waals surface area contributed by atoms with Crippen LogP contribution in [-0.4, -0.2) is 27.2 Å². The van der Waals surface area contributed by atoms with E-state index in [2.05, 4.69) is 50.6 Å². The van der Waals surface area contributed by atoms with Gasteiger partial charge in [-0.2, -0.15) is 5.10 Å². The maximum Gasteiger partial charge on any atom is 0.251 e. The molecule has 0 saturated heterocycles. The summed E-state index contributed by atoms with van der Waals surface area (Å²) in [7, 11) is 0. The zero-order chi connectivity index (χ0) is 23.5. The van der Waals surface area contributed by atoms with Crippen LogP contribution < -0.4 is 10.2 Å². The summed E-state index contributed by atoms with van der Waals surface area (Å²) in [6.45, 7) is 6.96. The molecule has 1 aliphatic rings. The van der Waals surface area contributed by atoms with Gasteiger partial charge >= 0.3 is 0 Å². The molecule has 3 heterocycles. The van der Waals surface area contributed by atoms with E-state index in [1.807, 2.05) is 61.1 Å². The standard InChI is InChI=1S/C28H29N5O/c1-20-14-21(2)33(31-20)18-22-6-5-9-25(15-22)28(34)30-17-23-10-11-27(29-16-23)32-13-12-24-7-3-4-8-26(24)19-32/h3-11,14-16H,12-13,17-19H2,1-2H3,(H,30,34). The molecule has 2 aromatic carbocycles. The molecule has 0 bridgehead atoms. The molecule has 1 amide bonds. The number of pyridine rings is 1. The van der Waals surface area contributed by atoms with E-state index in [-0.39, 0.29) is 5.91 Å². The highest BCUT2D eigenvalue weighted by molar-refractivity contribution is 5.94. The summed E-state index contributed by atoms with van der Waals surface area (Å²) in [6.07, 6.45) is 2.89. The lowest BCUT2D eigenvalue weighted by Gasteiger charge is -2.29. The molecule has 34 heavy (non-hydrogen) atoms. The SMILES string of the molecule is Cc1cc(C)n(Cc2cccc(C(=O)NCc3ccc(N4CCc5ccccc5C4)nc3)c2)n1. The van der Waals surface area contributed by atoms with Crippen molar-refractivity contribution in [3.05, 3.63) is 112 Å². The second-order valence-corrected chi connectivity index (χ2v) is 8.93. The van der Waals surface area contributed by atoms with E-state index in [0.29, 0.717) is 18.7 Å². The van der Waals surface area contributed by atoms with Crippen molar-refractivity contribution in [1.29, 1.82) is 0 Å². The van der Waals surface area contributed by atoms with Gasteiger partial charge in [-0.05, 0) is 66.8 Å². The Kier molecular flexibility index (Phi) is 6.12. The van der Waals surface area contributed by atoms with Gasteiger partial charge in [0.2, 0.25) is 0 Å². The number of aromatic nitrogens is 3. The number of anilines is 1. The number of nitrogens with zero attached hydrogens (tertiary/aromatic N) is 4. The zero-order valence-electron chi connectivity index (χ0n) is 19.7. The van der Waals surface area contributed by atoms with Crippen molar-refractivity contribution < 1.29 is 4.79 Å². The summed E-state index contributed by atoms with van der Waals surface area (Å²) >= 11 is 0. The van der Waals surface area contributed by atoms with Crippen molar-refractivity contribution in [2.24, 2.45) is 0 Å². The van der Waals surface area contributed by atoms with Gasteiger partial charge in [-0.3, -0.25) is 9.48 Å². The third-order valence-electron chi connectivity index (χ3n) is 6.34. The topological polar surface area (TPSA) is 63.1 Å². The molecule has 4 aromatic rings. The fourth-order valence-electron chi connectivity index (χ4n) is 4.50. The van der Waals surface area contributed by atoms with E-state index in [0.717, 1.165) is 47.8 Å². The number of benzene rings is 2. The molecule has 6 heteroatoms. The summed E-state index contributed by atoms with van der Waals surface area (Å²) in [4.78, 5) is 19.7. The van der Waals surface area contributed by atoms with E-state index < -0.39 is 0 Å². The van der Waals surface area contributed by atoms with Crippen molar-refractivity contribution in [3.63, 3.8) is 0 Å². The van der Waals surface area contributed by atoms with Crippen molar-refractivity contribution in [2.75, 3.05) is 11.4 Å². The van der Waals surface area contributed by atoms with Gasteiger partial charge in [-0.15, -0.1) is 0 Å². The van der Waals surface area contributed by atoms with Crippen molar-refractivity contribution in [1.82, 2.24) is 20.1 Å². The predicted molar refractivity (Wildman–Crippen MR) is 134 cm³/mol. The molecule has 6 nitrogen and oxygen atoms in total. The molecule has 0 spiro atoms. The highest BCUT2D eigenvalue weighted by atomic mass is 16.1. The highest BCUT2D eigenvalue weighted by Gasteiger charge is 2.17. The molecule has 2 aromatic heterocycles. The number of amides is 1. The Labute approximate surface area is 200 Å². The zero-order valence-corrected chi connectivity index (χ0v) is 19.7. The first kappa shape index (κ1) is 21.9. The van der Waals surface area contributed by atoms with Crippen LogP contribution in [0.3, 0.4) is 0 Å². The Balaban J connectivity index is 1.19. The van der Waals surface area contributed by atoms with Gasteiger partial charge < -0.3 is 10.2 Å². The first-order chi connectivity index (χ1) is 16.5. The number of aryl methyl sites for hydroxylation is 2. The fraction of sp³-hybridized carbons (Fsp3) is 0.250. The molecule has 1 N–H and O–H groups in total. The van der Waals surface area contributed by atoms with E-state index in [1.54, 1.807) is 0 Å². The average Bonchev–Trinajstić information content (AvgIpc) is 3.18. The lowest BCUT2D eigenvalue weighted by molar-refractivity contribution is 0.0950. The smallest absolute Gasteiger partial charge is 0.251 e. The van der Waals surface area contributed by atoms with Crippen LogP contribution in [-0.2, 0) is 26.1 Å². The number of rotatable bonds is 6. The minimum Gasteiger partial charge on any atom is -0.352 e. The van der Waals surface area contributed by atoms with E-state index in [4.69, 9.17) is 0 Å². The van der Waals surface area contributed by atoms with Gasteiger partial charge in [0.15, 0.2) is 0 Å². The molecule has 0 atom stereocenters. The summed E-state index contributed by atoms with van der Waals surface area (Å²) in [6, 6.07) is 22.5. The van der Waals surface area contributed by atoms with Crippen molar-refractivity contribution in [2.45, 2.75) is 39.9 Å². The maximum atomic E-state index is 12.8. The molecule has 172 valence electrons. The number of fused-ring (bicyclic) bond motifs is 1. The predicted octanol–water partition coefficient (Wildman–Crippen LogP) is 4.44. The monoisotopic (exact) mass is 451 g/mol. The lowest BCUT2D eigenvalue weighted by Crippen LogP contribution is -2.31. The largest absolute Gasteiger partial charge is 0.352 e. The van der Waals surface area contributed by atoms with Crippen molar-refractivity contribution in [3.8, 4) is 0 Å². The maximum absolute atomic E-state index is 12.8. The minimum atomic E-state index is -0.0908. The molecular weight excluding hydrogens is 422 g/mol. The van der Waals surface area contributed by atoms with Crippen LogP contribution in [0.15, 0.2) is 72.9 Å². The van der Waals surface area contributed by atoms with E-state index in [1.165, 1.54) is 11.1 Å². The van der Waals surface area contributed by atoms with Crippen LogP contribution in [0.25, 0.3) is 0 Å². The number of carbonyl (C=O) groups is 1. The van der Waals surface area contributed by atoms with Gasteiger partial charge in [0.05, 0.1) is 12.2 Å². The van der Waals surface area contributed by atoms with Gasteiger partial charge in [0, 0.05) is 37.1 Å². The van der Waals surface area contributed by atoms with Crippen LogP contribution in [0.5, 0.6) is 0 Å². The summed E-state index contributed by atoms with van der Waals surface area (Å²) in [5.74, 6) is 0.883. The molecule has 5 rings (SSSR count). The van der Waals surface area contributed by atoms with Gasteiger partial charge in [-0.25, -0.2) is 4.98 Å². The molecule has 0 unspecified atom stereocenters. The highest BCUT2D eigenvalue weighted by Crippen LogP contribution is 2.23. The molecule has 1 aliphatic heterocycles. The molecule has 0 fully saturated rings. The second-order valence-electron chi connectivity index (χ2n) is 8.93. The van der Waals surface area contributed by atoms with Gasteiger partial charge in [-0.1, -0.05) is 42.5 Å². The third-order valence-corrected chi connectivity index (χ3v) is 6.34. The van der Waals surface area contributed by atoms with Crippen LogP contribution in [0, 0.1) is 13.8 Å². The van der Waals surface area contributed by atoms with Gasteiger partial charge in [0.1, 0.15) is 5.82 Å². The minimum absolute atomic E-state index is 0.0908. The summed E-state index contributed by atoms with van der Waals surface area (Å²) in [5.41, 5.74) is 7.58. The number of nitrogens with one attached hydrogen (secondary N) is 1.